The molecule has 0 radical (unpaired) electrons. The van der Waals surface area contributed by atoms with Crippen molar-refractivity contribution in [2.24, 2.45) is 0 Å². The van der Waals surface area contributed by atoms with E-state index >= 15 is 17.6 Å². The average Bonchev–Trinajstić information content (AvgIpc) is 3.51. The van der Waals surface area contributed by atoms with E-state index in [1.807, 2.05) is 24.3 Å². The Kier molecular flexibility index (Phi) is 11.4. The maximum absolute atomic E-state index is 18.2. The van der Waals surface area contributed by atoms with E-state index in [0.717, 1.165) is 16.0 Å². The van der Waals surface area contributed by atoms with Crippen molar-refractivity contribution < 1.29 is 46.1 Å². The van der Waals surface area contributed by atoms with Crippen LogP contribution in [0.4, 0.5) is 44.5 Å². The number of nitrogens with zero attached hydrogens (tertiary/aromatic N) is 6. The lowest BCUT2D eigenvalue weighted by Crippen LogP contribution is -2.42. The zero-order valence-corrected chi connectivity index (χ0v) is 36.0. The van der Waals surface area contributed by atoms with Crippen molar-refractivity contribution >= 4 is 40.4 Å². The van der Waals surface area contributed by atoms with Gasteiger partial charge in [0.1, 0.15) is 34.0 Å². The van der Waals surface area contributed by atoms with Gasteiger partial charge in [-0.25, -0.2) is 23.8 Å². The van der Waals surface area contributed by atoms with Gasteiger partial charge in [-0.15, -0.1) is 0 Å². The maximum atomic E-state index is 18.2. The first kappa shape index (κ1) is 43.7. The lowest BCUT2D eigenvalue weighted by Gasteiger charge is -2.28. The summed E-state index contributed by atoms with van der Waals surface area (Å²) in [5, 5.41) is -0.130. The first-order chi connectivity index (χ1) is 29.1. The molecule has 328 valence electrons. The number of methoxy groups -OCH3 is 2. The number of carbonyl (C=O) groups is 2. The van der Waals surface area contributed by atoms with Gasteiger partial charge in [-0.1, -0.05) is 24.3 Å². The Bertz CT molecular complexity index is 2570. The summed E-state index contributed by atoms with van der Waals surface area (Å²) in [6.45, 7) is 11.4. The molecule has 0 aliphatic carbocycles. The van der Waals surface area contributed by atoms with Crippen LogP contribution in [0, 0.1) is 12.7 Å². The molecule has 0 N–H and O–H groups in total. The van der Waals surface area contributed by atoms with Crippen molar-refractivity contribution in [3.8, 4) is 22.8 Å². The SMILES string of the molecule is COc1ccc(CN(Cc2ccc(OC)cc2)c2cc(C)c(C(F)(F)F)c(-c3c4c5c6c(nc(=O)n(C(=O)OC(C)(C)C)c6c3F)N(C(=O)OC(C)(C)C)CCN5CC4)n2)cc1. The summed E-state index contributed by atoms with van der Waals surface area (Å²) in [5.41, 5.74) is -4.98. The number of anilines is 3. The number of pyridine rings is 1. The molecule has 5 aromatic rings. The molecule has 0 saturated carbocycles. The molecule has 4 heterocycles. The van der Waals surface area contributed by atoms with Crippen LogP contribution < -0.4 is 29.9 Å². The first-order valence-electron chi connectivity index (χ1n) is 20.0. The maximum Gasteiger partial charge on any atom is 0.423 e. The second-order valence-electron chi connectivity index (χ2n) is 17.2. The summed E-state index contributed by atoms with van der Waals surface area (Å²) in [5.74, 6) is -0.330. The number of aryl methyl sites for hydroxylation is 1. The molecule has 0 spiro atoms. The van der Waals surface area contributed by atoms with Crippen molar-refractivity contribution in [1.82, 2.24) is 14.5 Å². The van der Waals surface area contributed by atoms with Crippen LogP contribution in [0.1, 0.15) is 69.4 Å². The number of benzene rings is 3. The highest BCUT2D eigenvalue weighted by Crippen LogP contribution is 2.50. The molecule has 2 aromatic heterocycles. The van der Waals surface area contributed by atoms with E-state index in [9.17, 15) is 14.4 Å². The second-order valence-corrected chi connectivity index (χ2v) is 17.2. The minimum atomic E-state index is -5.04. The van der Waals surface area contributed by atoms with Crippen LogP contribution in [0.3, 0.4) is 0 Å². The highest BCUT2D eigenvalue weighted by molar-refractivity contribution is 6.11. The number of alkyl halides is 3. The average molecular weight is 861 g/mol. The second kappa shape index (κ2) is 16.1. The number of hydrogen-bond donors (Lipinski definition) is 0. The highest BCUT2D eigenvalue weighted by Gasteiger charge is 2.43. The molecular formula is C45H48F4N6O7. The topological polar surface area (TPSA) is 129 Å². The number of carbonyl (C=O) groups excluding carboxylic acids is 2. The number of aromatic nitrogens is 3. The Morgan fingerprint density at radius 2 is 1.34 bits per heavy atom. The van der Waals surface area contributed by atoms with Crippen LogP contribution in [0.25, 0.3) is 22.2 Å². The van der Waals surface area contributed by atoms with Crippen LogP contribution in [-0.4, -0.2) is 71.8 Å². The van der Waals surface area contributed by atoms with E-state index in [4.69, 9.17) is 23.9 Å². The van der Waals surface area contributed by atoms with E-state index in [1.165, 1.54) is 48.0 Å². The minimum Gasteiger partial charge on any atom is -0.497 e. The third-order valence-corrected chi connectivity index (χ3v) is 10.4. The fourth-order valence-corrected chi connectivity index (χ4v) is 7.85. The van der Waals surface area contributed by atoms with E-state index in [0.29, 0.717) is 16.1 Å². The molecule has 0 unspecified atom stereocenters. The van der Waals surface area contributed by atoms with Crippen molar-refractivity contribution in [2.45, 2.75) is 85.4 Å². The number of rotatable bonds is 8. The Balaban J connectivity index is 1.54. The van der Waals surface area contributed by atoms with E-state index in [2.05, 4.69) is 4.98 Å². The predicted molar refractivity (Wildman–Crippen MR) is 226 cm³/mol. The lowest BCUT2D eigenvalue weighted by atomic mass is 9.92. The van der Waals surface area contributed by atoms with Crippen molar-refractivity contribution in [2.75, 3.05) is 48.6 Å². The Labute approximate surface area is 355 Å². The normalized spacial score (nSPS) is 13.9. The first-order valence-corrected chi connectivity index (χ1v) is 20.0. The summed E-state index contributed by atoms with van der Waals surface area (Å²) in [7, 11) is 3.07. The van der Waals surface area contributed by atoms with Gasteiger partial charge in [-0.3, -0.25) is 4.90 Å². The zero-order valence-electron chi connectivity index (χ0n) is 36.0. The molecule has 7 rings (SSSR count). The molecule has 17 heteroatoms. The Morgan fingerprint density at radius 1 is 0.790 bits per heavy atom. The zero-order chi connectivity index (χ0) is 45.1. The van der Waals surface area contributed by atoms with Gasteiger partial charge in [0, 0.05) is 38.3 Å². The van der Waals surface area contributed by atoms with Gasteiger partial charge in [0.05, 0.1) is 36.6 Å². The quantitative estimate of drug-likeness (QED) is 0.139. The standard InChI is InChI=1S/C45H48F4N6O7/c1-25-22-31(53(23-26-10-14-28(59-8)15-11-26)24-27-12-16-29(60-9)17-13-27)50-36(34(25)45(47,48)49)32-30-18-19-52-20-21-54(41(57)61-43(2,3)4)39-33(37(30)52)38(35(32)46)55(40(56)51-39)42(58)62-44(5,6)7/h10-17,22H,18-21,23-24H2,1-9H3. The van der Waals surface area contributed by atoms with Crippen molar-refractivity contribution in [3.05, 3.63) is 98.7 Å². The molecule has 1 amide bonds. The van der Waals surface area contributed by atoms with E-state index < -0.39 is 63.4 Å². The molecule has 62 heavy (non-hydrogen) atoms. The summed E-state index contributed by atoms with van der Waals surface area (Å²) in [6, 6.07) is 15.7. The monoisotopic (exact) mass is 860 g/mol. The van der Waals surface area contributed by atoms with E-state index in [1.54, 1.807) is 54.8 Å². The van der Waals surface area contributed by atoms with Gasteiger partial charge in [0.25, 0.3) is 0 Å². The third-order valence-electron chi connectivity index (χ3n) is 10.4. The minimum absolute atomic E-state index is 0.0681. The van der Waals surface area contributed by atoms with Crippen molar-refractivity contribution in [3.63, 3.8) is 0 Å². The van der Waals surface area contributed by atoms with Crippen LogP contribution in [0.5, 0.6) is 11.5 Å². The van der Waals surface area contributed by atoms with Gasteiger partial charge in [-0.05, 0) is 107 Å². The molecule has 3 aromatic carbocycles. The third kappa shape index (κ3) is 8.57. The molecule has 2 aliphatic rings. The van der Waals surface area contributed by atoms with Crippen LogP contribution >= 0.6 is 0 Å². The molecule has 0 fully saturated rings. The summed E-state index contributed by atoms with van der Waals surface area (Å²) >= 11 is 0. The van der Waals surface area contributed by atoms with Gasteiger partial charge in [0.15, 0.2) is 11.6 Å². The van der Waals surface area contributed by atoms with E-state index in [-0.39, 0.29) is 73.0 Å². The summed E-state index contributed by atoms with van der Waals surface area (Å²) in [6.07, 6.45) is -7.18. The lowest BCUT2D eigenvalue weighted by molar-refractivity contribution is -0.137. The Morgan fingerprint density at radius 3 is 1.85 bits per heavy atom. The largest absolute Gasteiger partial charge is 0.497 e. The number of hydrogen-bond acceptors (Lipinski definition) is 11. The number of halogens is 4. The van der Waals surface area contributed by atoms with Gasteiger partial charge >= 0.3 is 24.1 Å². The number of ether oxygens (including phenoxy) is 4. The molecule has 0 bridgehead atoms. The molecular weight excluding hydrogens is 813 g/mol. The van der Waals surface area contributed by atoms with Crippen LogP contribution in [0.15, 0.2) is 59.4 Å². The highest BCUT2D eigenvalue weighted by atomic mass is 19.4. The Hall–Kier alpha value is -6.39. The molecule has 2 aliphatic heterocycles. The summed E-state index contributed by atoms with van der Waals surface area (Å²) in [4.78, 5) is 55.2. The predicted octanol–water partition coefficient (Wildman–Crippen LogP) is 9.05. The summed E-state index contributed by atoms with van der Waals surface area (Å²) < 4.78 is 87.0. The van der Waals surface area contributed by atoms with Gasteiger partial charge < -0.3 is 28.7 Å². The fourth-order valence-electron chi connectivity index (χ4n) is 7.85. The van der Waals surface area contributed by atoms with Gasteiger partial charge in [0.2, 0.25) is 0 Å². The van der Waals surface area contributed by atoms with Crippen LogP contribution in [-0.2, 0) is 35.2 Å². The van der Waals surface area contributed by atoms with Gasteiger partial charge in [-0.2, -0.15) is 22.7 Å². The van der Waals surface area contributed by atoms with Crippen molar-refractivity contribution in [1.29, 1.82) is 0 Å². The smallest absolute Gasteiger partial charge is 0.423 e. The fraction of sp³-hybridized carbons (Fsp3) is 0.400. The molecule has 13 nitrogen and oxygen atoms in total. The number of amides is 1. The van der Waals surface area contributed by atoms with Crippen LogP contribution in [0.2, 0.25) is 0 Å². The molecule has 0 atom stereocenters. The molecule has 0 saturated heterocycles.